The van der Waals surface area contributed by atoms with Crippen LogP contribution in [-0.2, 0) is 13.9 Å². The van der Waals surface area contributed by atoms with Crippen LogP contribution in [0.4, 0.5) is 0 Å². The van der Waals surface area contributed by atoms with E-state index < -0.39 is 8.32 Å². The molecule has 1 saturated carbocycles. The highest BCUT2D eigenvalue weighted by molar-refractivity contribution is 6.70. The van der Waals surface area contributed by atoms with Crippen LogP contribution < -0.4 is 0 Å². The third-order valence-electron chi connectivity index (χ3n) is 6.73. The molecule has 1 saturated heterocycles. The Bertz CT molecular complexity index is 490. The molecule has 0 bridgehead atoms. The van der Waals surface area contributed by atoms with Gasteiger partial charge < -0.3 is 13.9 Å². The molecule has 0 aromatic heterocycles. The summed E-state index contributed by atoms with van der Waals surface area (Å²) in [5.41, 5.74) is 0.417. The fraction of sp³-hybridized carbons (Fsp3) is 0.905. The summed E-state index contributed by atoms with van der Waals surface area (Å²) in [6.45, 7) is 15.8. The summed E-state index contributed by atoms with van der Waals surface area (Å²) in [5.74, 6) is 4.24. The maximum absolute atomic E-state index is 6.50. The van der Waals surface area contributed by atoms with E-state index in [-0.39, 0.29) is 6.29 Å². The van der Waals surface area contributed by atoms with Crippen LogP contribution in [0.1, 0.15) is 52.9 Å². The minimum absolute atomic E-state index is 0.0148. The molecule has 0 spiro atoms. The maximum atomic E-state index is 6.50. The molecule has 4 atom stereocenters. The van der Waals surface area contributed by atoms with Crippen molar-refractivity contribution in [1.82, 2.24) is 0 Å². The van der Waals surface area contributed by atoms with Crippen molar-refractivity contribution < 1.29 is 13.9 Å². The fourth-order valence-electron chi connectivity index (χ4n) is 5.47. The van der Waals surface area contributed by atoms with E-state index in [1.807, 2.05) is 0 Å². The van der Waals surface area contributed by atoms with Gasteiger partial charge in [0.05, 0.1) is 19.0 Å². The summed E-state index contributed by atoms with van der Waals surface area (Å²) < 4.78 is 17.9. The van der Waals surface area contributed by atoms with Gasteiger partial charge in [0.2, 0.25) is 8.32 Å². The normalized spacial score (nSPS) is 36.6. The van der Waals surface area contributed by atoms with Crippen LogP contribution in [0, 0.1) is 29.1 Å². The predicted octanol–water partition coefficient (Wildman–Crippen LogP) is 5.58. The lowest BCUT2D eigenvalue weighted by atomic mass is 9.61. The van der Waals surface area contributed by atoms with Crippen LogP contribution in [0.5, 0.6) is 0 Å². The first-order valence-electron chi connectivity index (χ1n) is 10.3. The third-order valence-corrected chi connectivity index (χ3v) is 7.61. The van der Waals surface area contributed by atoms with Gasteiger partial charge in [-0.25, -0.2) is 0 Å². The van der Waals surface area contributed by atoms with Crippen molar-refractivity contribution in [3.05, 3.63) is 11.8 Å². The fourth-order valence-corrected chi connectivity index (χ4v) is 6.41. The van der Waals surface area contributed by atoms with E-state index in [1.165, 1.54) is 18.6 Å². The average Bonchev–Trinajstić information content (AvgIpc) is 3.11. The molecule has 3 rings (SSSR count). The van der Waals surface area contributed by atoms with Gasteiger partial charge in [-0.15, -0.1) is 0 Å². The molecule has 0 N–H and O–H groups in total. The first-order chi connectivity index (χ1) is 11.7. The third kappa shape index (κ3) is 4.33. The molecule has 1 aliphatic heterocycles. The molecule has 2 aliphatic carbocycles. The highest BCUT2D eigenvalue weighted by Crippen LogP contribution is 2.59. The van der Waals surface area contributed by atoms with Crippen LogP contribution >= 0.6 is 0 Å². The van der Waals surface area contributed by atoms with E-state index in [2.05, 4.69) is 46.5 Å². The Labute approximate surface area is 155 Å². The summed E-state index contributed by atoms with van der Waals surface area (Å²) >= 11 is 0. The lowest BCUT2D eigenvalue weighted by molar-refractivity contribution is -0.0542. The zero-order chi connectivity index (χ0) is 18.2. The lowest BCUT2D eigenvalue weighted by Crippen LogP contribution is -2.39. The Hall–Kier alpha value is -0.323. The van der Waals surface area contributed by atoms with Crippen molar-refractivity contribution in [2.45, 2.75) is 78.8 Å². The van der Waals surface area contributed by atoms with Crippen molar-refractivity contribution in [3.8, 4) is 0 Å². The largest absolute Gasteiger partial charge is 0.548 e. The number of ether oxygens (including phenoxy) is 2. The molecule has 0 radical (unpaired) electrons. The summed E-state index contributed by atoms with van der Waals surface area (Å²) in [7, 11) is -1.56. The van der Waals surface area contributed by atoms with Crippen LogP contribution in [0.2, 0.25) is 19.6 Å². The van der Waals surface area contributed by atoms with E-state index >= 15 is 0 Å². The molecule has 4 heteroatoms. The van der Waals surface area contributed by atoms with E-state index in [9.17, 15) is 0 Å². The monoisotopic (exact) mass is 366 g/mol. The van der Waals surface area contributed by atoms with E-state index in [0.29, 0.717) is 11.3 Å². The lowest BCUT2D eigenvalue weighted by Gasteiger charge is -2.45. The van der Waals surface area contributed by atoms with Gasteiger partial charge in [-0.05, 0) is 80.5 Å². The number of hydrogen-bond donors (Lipinski definition) is 0. The molecular formula is C21H38O3Si. The summed E-state index contributed by atoms with van der Waals surface area (Å²) in [5, 5.41) is 0. The summed E-state index contributed by atoms with van der Waals surface area (Å²) in [6, 6.07) is 0. The first-order valence-corrected chi connectivity index (χ1v) is 13.7. The SMILES string of the molecule is CC(C)[C@@H]1CC[C@]2(C)C(CCC3OCCO3)C=C(O[Si](C)(C)C)C[C@@H]12. The summed E-state index contributed by atoms with van der Waals surface area (Å²) in [4.78, 5) is 0. The topological polar surface area (TPSA) is 27.7 Å². The molecule has 25 heavy (non-hydrogen) atoms. The highest BCUT2D eigenvalue weighted by Gasteiger charge is 2.52. The standard InChI is InChI=1S/C21H38O3Si/c1-15(2)18-9-10-21(3)16(7-8-20-22-11-12-23-20)13-17(14-19(18)21)24-25(4,5)6/h13,15-16,18-20H,7-12,14H2,1-6H3/t16?,18-,19-,21+/m0/s1. The summed E-state index contributed by atoms with van der Waals surface area (Å²) in [6.07, 6.45) is 8.55. The van der Waals surface area contributed by atoms with Gasteiger partial charge in [-0.3, -0.25) is 0 Å². The number of hydrogen-bond acceptors (Lipinski definition) is 3. The molecule has 1 unspecified atom stereocenters. The predicted molar refractivity (Wildman–Crippen MR) is 105 cm³/mol. The van der Waals surface area contributed by atoms with Gasteiger partial charge >= 0.3 is 0 Å². The van der Waals surface area contributed by atoms with Gasteiger partial charge in [0.25, 0.3) is 0 Å². The number of rotatable bonds is 6. The van der Waals surface area contributed by atoms with Crippen LogP contribution in [0.3, 0.4) is 0 Å². The number of allylic oxidation sites excluding steroid dienone is 2. The van der Waals surface area contributed by atoms with Gasteiger partial charge in [-0.2, -0.15) is 0 Å². The average molecular weight is 367 g/mol. The second-order valence-electron chi connectivity index (χ2n) is 9.97. The molecule has 144 valence electrons. The Morgan fingerprint density at radius 2 is 1.88 bits per heavy atom. The minimum atomic E-state index is -1.56. The molecule has 0 amide bonds. The van der Waals surface area contributed by atoms with Crippen LogP contribution in [0.15, 0.2) is 11.8 Å². The molecule has 2 fully saturated rings. The van der Waals surface area contributed by atoms with Gasteiger partial charge in [0.15, 0.2) is 6.29 Å². The van der Waals surface area contributed by atoms with Gasteiger partial charge in [-0.1, -0.05) is 20.8 Å². The van der Waals surface area contributed by atoms with Crippen LogP contribution in [-0.4, -0.2) is 27.8 Å². The smallest absolute Gasteiger partial charge is 0.241 e. The zero-order valence-corrected chi connectivity index (χ0v) is 18.1. The molecule has 0 aromatic carbocycles. The molecule has 0 aromatic rings. The Balaban J connectivity index is 1.79. The van der Waals surface area contributed by atoms with E-state index in [0.717, 1.165) is 50.2 Å². The van der Waals surface area contributed by atoms with Gasteiger partial charge in [0.1, 0.15) is 0 Å². The Morgan fingerprint density at radius 1 is 1.20 bits per heavy atom. The second-order valence-corrected chi connectivity index (χ2v) is 14.4. The quantitative estimate of drug-likeness (QED) is 0.574. The second kappa shape index (κ2) is 7.36. The molecule has 3 aliphatic rings. The Kier molecular flexibility index (Phi) is 5.72. The van der Waals surface area contributed by atoms with Crippen molar-refractivity contribution in [2.24, 2.45) is 29.1 Å². The van der Waals surface area contributed by atoms with Crippen molar-refractivity contribution in [1.29, 1.82) is 0 Å². The Morgan fingerprint density at radius 3 is 2.48 bits per heavy atom. The van der Waals surface area contributed by atoms with Crippen molar-refractivity contribution in [2.75, 3.05) is 13.2 Å². The molecular weight excluding hydrogens is 328 g/mol. The van der Waals surface area contributed by atoms with Gasteiger partial charge in [0, 0.05) is 6.42 Å². The van der Waals surface area contributed by atoms with Crippen molar-refractivity contribution >= 4 is 8.32 Å². The van der Waals surface area contributed by atoms with E-state index in [4.69, 9.17) is 13.9 Å². The maximum Gasteiger partial charge on any atom is 0.241 e. The molecule has 3 nitrogen and oxygen atoms in total. The minimum Gasteiger partial charge on any atom is -0.548 e. The van der Waals surface area contributed by atoms with Crippen LogP contribution in [0.25, 0.3) is 0 Å². The zero-order valence-electron chi connectivity index (χ0n) is 17.1. The number of fused-ring (bicyclic) bond motifs is 1. The first kappa shape index (κ1) is 19.4. The van der Waals surface area contributed by atoms with Crippen molar-refractivity contribution in [3.63, 3.8) is 0 Å². The highest BCUT2D eigenvalue weighted by atomic mass is 28.4. The molecule has 1 heterocycles. The van der Waals surface area contributed by atoms with E-state index in [1.54, 1.807) is 0 Å².